The Balaban J connectivity index is 0. The summed E-state index contributed by atoms with van der Waals surface area (Å²) in [5, 5.41) is 0. The van der Waals surface area contributed by atoms with Crippen LogP contribution < -0.4 is 6.15 Å². The summed E-state index contributed by atoms with van der Waals surface area (Å²) in [6.45, 7) is 0. The minimum atomic E-state index is 0. The predicted molar refractivity (Wildman–Crippen MR) is 4.19 cm³/mol. The predicted octanol–water partition coefficient (Wildman–Crippen LogP) is -0.842. The molecule has 0 bridgehead atoms. The average molecular weight is 166 g/mol. The maximum Gasteiger partial charge on any atom is 3.00 e. The Morgan fingerprint density at radius 3 is 0.500 bits per heavy atom. The van der Waals surface area contributed by atoms with E-state index in [0.29, 0.717) is 0 Å². The fraction of sp³-hybridized carbons (Fsp3) is 0. The standard InChI is InChI=1S/2Cr.N.3O/q2*+3;;3*-2. The molecule has 0 aliphatic rings. The van der Waals surface area contributed by atoms with Crippen LogP contribution in [0.3, 0.4) is 0 Å². The molecule has 0 aliphatic heterocycles. The van der Waals surface area contributed by atoms with Crippen LogP contribution in [0.15, 0.2) is 0 Å². The molecule has 0 amide bonds. The van der Waals surface area contributed by atoms with Crippen molar-refractivity contribution >= 4 is 0 Å². The third-order valence-corrected chi connectivity index (χ3v) is 0. The number of rotatable bonds is 0. The molecule has 0 aromatic rings. The first-order valence-corrected chi connectivity index (χ1v) is 0. The minimum Gasteiger partial charge on any atom is -2.00 e. The summed E-state index contributed by atoms with van der Waals surface area (Å²) in [5.74, 6) is 0. The second-order valence-corrected chi connectivity index (χ2v) is 0. The number of nitrogens with zero attached hydrogens (tertiary/aromatic N) is 1. The zero-order chi connectivity index (χ0) is 0. The van der Waals surface area contributed by atoms with Crippen LogP contribution in [-0.2, 0) is 51.2 Å². The molecule has 0 atom stereocenters. The normalized spacial score (nSPS) is 0. The van der Waals surface area contributed by atoms with Gasteiger partial charge >= 0.3 is 34.7 Å². The van der Waals surface area contributed by atoms with Gasteiger partial charge in [-0.25, -0.2) is 0 Å². The van der Waals surface area contributed by atoms with Gasteiger partial charge in [0.15, 0.2) is 0 Å². The van der Waals surface area contributed by atoms with Crippen LogP contribution in [0.4, 0.5) is 0 Å². The monoisotopic (exact) mass is 166 g/mol. The average Bonchev–Trinajstić information content (AvgIpc) is 0. The molecule has 0 heterocycles. The van der Waals surface area contributed by atoms with E-state index in [9.17, 15) is 0 Å². The van der Waals surface area contributed by atoms with Gasteiger partial charge in [-0.05, 0) is 0 Å². The van der Waals surface area contributed by atoms with Crippen LogP contribution in [0.1, 0.15) is 0 Å². The summed E-state index contributed by atoms with van der Waals surface area (Å²) >= 11 is 0. The summed E-state index contributed by atoms with van der Waals surface area (Å²) < 4.78 is 0. The molecule has 0 aromatic carbocycles. The van der Waals surface area contributed by atoms with Gasteiger partial charge in [0.2, 0.25) is 0 Å². The topological polar surface area (TPSA) is 116 Å². The summed E-state index contributed by atoms with van der Waals surface area (Å²) in [6.07, 6.45) is 0. The Labute approximate surface area is 57.7 Å². The molecule has 0 saturated heterocycles. The van der Waals surface area contributed by atoms with Gasteiger partial charge < -0.3 is 16.4 Å². The Hall–Kier alpha value is 0.905. The van der Waals surface area contributed by atoms with Crippen molar-refractivity contribution in [1.29, 1.82) is 0 Å². The maximum absolute atomic E-state index is 0. The first-order valence-electron chi connectivity index (χ1n) is 0. The Morgan fingerprint density at radius 2 is 0.500 bits per heavy atom. The van der Waals surface area contributed by atoms with Gasteiger partial charge in [-0.3, -0.25) is 0 Å². The molecule has 6 heavy (non-hydrogen) atoms. The van der Waals surface area contributed by atoms with Crippen molar-refractivity contribution in [1.82, 2.24) is 6.15 Å². The van der Waals surface area contributed by atoms with E-state index in [-0.39, 0.29) is 57.3 Å². The second-order valence-electron chi connectivity index (χ2n) is 0. The van der Waals surface area contributed by atoms with Gasteiger partial charge in [0.25, 0.3) is 0 Å². The summed E-state index contributed by atoms with van der Waals surface area (Å²) in [6, 6.07) is 0. The van der Waals surface area contributed by atoms with Crippen molar-refractivity contribution in [2.75, 3.05) is 0 Å². The molecule has 35 valence electrons. The molecule has 0 fully saturated rings. The van der Waals surface area contributed by atoms with Crippen molar-refractivity contribution in [3.63, 3.8) is 0 Å². The maximum atomic E-state index is 0. The first-order chi connectivity index (χ1) is 0. The molecule has 0 spiro atoms. The van der Waals surface area contributed by atoms with E-state index in [1.54, 1.807) is 0 Å². The molecular weight excluding hydrogens is 166 g/mol. The number of hydrogen-bond donors (Lipinski definition) is 0. The SMILES string of the molecule is [Cr+3].[Cr+3].[N].[O-2].[O-2].[O-2]. The van der Waals surface area contributed by atoms with E-state index in [2.05, 4.69) is 0 Å². The molecule has 0 aromatic heterocycles. The fourth-order valence-electron chi connectivity index (χ4n) is 0. The third-order valence-electron chi connectivity index (χ3n) is 0. The van der Waals surface area contributed by atoms with Crippen LogP contribution >= 0.6 is 0 Å². The smallest absolute Gasteiger partial charge is 2.00 e. The molecule has 0 unspecified atom stereocenters. The van der Waals surface area contributed by atoms with Crippen LogP contribution in [0.2, 0.25) is 0 Å². The minimum absolute atomic E-state index is 0. The van der Waals surface area contributed by atoms with E-state index in [0.717, 1.165) is 0 Å². The van der Waals surface area contributed by atoms with Crippen LogP contribution in [0, 0.1) is 0 Å². The van der Waals surface area contributed by atoms with Gasteiger partial charge in [-0.1, -0.05) is 0 Å². The largest absolute Gasteiger partial charge is 3.00 e. The summed E-state index contributed by atoms with van der Waals surface area (Å²) in [4.78, 5) is 0. The molecule has 0 rings (SSSR count). The Bertz CT molecular complexity index is 8.75. The fourth-order valence-corrected chi connectivity index (χ4v) is 0. The van der Waals surface area contributed by atoms with E-state index in [1.165, 1.54) is 0 Å². The van der Waals surface area contributed by atoms with Gasteiger partial charge in [-0.15, -0.1) is 0 Å². The van der Waals surface area contributed by atoms with Crippen molar-refractivity contribution in [2.24, 2.45) is 0 Å². The first kappa shape index (κ1) is 294. The van der Waals surface area contributed by atoms with Gasteiger partial charge in [0, 0.05) is 6.15 Å². The summed E-state index contributed by atoms with van der Waals surface area (Å²) in [7, 11) is 0. The Morgan fingerprint density at radius 1 is 0.500 bits per heavy atom. The summed E-state index contributed by atoms with van der Waals surface area (Å²) in [5.41, 5.74) is 0. The van der Waals surface area contributed by atoms with E-state index in [1.807, 2.05) is 0 Å². The molecule has 0 saturated carbocycles. The van der Waals surface area contributed by atoms with E-state index >= 15 is 0 Å². The third kappa shape index (κ3) is 91.3. The zero-order valence-electron chi connectivity index (χ0n) is 2.49. The molecular formula is Cr2NO3. The van der Waals surface area contributed by atoms with Gasteiger partial charge in [0.1, 0.15) is 0 Å². The molecule has 4 nitrogen and oxygen atoms in total. The second kappa shape index (κ2) is 173. The Kier molecular flexibility index (Phi) is 8500. The quantitative estimate of drug-likeness (QED) is 0.446. The van der Waals surface area contributed by atoms with Crippen LogP contribution in [-0.4, -0.2) is 0 Å². The molecule has 5 radical (unpaired) electrons. The van der Waals surface area contributed by atoms with Gasteiger partial charge in [-0.2, -0.15) is 0 Å². The van der Waals surface area contributed by atoms with Crippen LogP contribution in [0.5, 0.6) is 0 Å². The van der Waals surface area contributed by atoms with E-state index < -0.39 is 0 Å². The van der Waals surface area contributed by atoms with Crippen molar-refractivity contribution in [3.8, 4) is 0 Å². The molecule has 0 N–H and O–H groups in total. The van der Waals surface area contributed by atoms with Gasteiger partial charge in [0.05, 0.1) is 0 Å². The van der Waals surface area contributed by atoms with Crippen molar-refractivity contribution in [3.05, 3.63) is 0 Å². The number of hydrogen-bond acceptors (Lipinski definition) is 0. The van der Waals surface area contributed by atoms with Crippen LogP contribution in [0.25, 0.3) is 0 Å². The zero-order valence-corrected chi connectivity index (χ0v) is 5.04. The van der Waals surface area contributed by atoms with E-state index in [4.69, 9.17) is 0 Å². The van der Waals surface area contributed by atoms with Crippen molar-refractivity contribution < 1.29 is 51.2 Å². The molecule has 0 aliphatic carbocycles. The van der Waals surface area contributed by atoms with Crippen molar-refractivity contribution in [2.45, 2.75) is 0 Å². The molecule has 6 heteroatoms.